The summed E-state index contributed by atoms with van der Waals surface area (Å²) in [6.07, 6.45) is 2.72. The number of carbonyl (C=O) groups excluding carboxylic acids is 1. The fourth-order valence-electron chi connectivity index (χ4n) is 3.13. The van der Waals surface area contributed by atoms with Crippen LogP contribution in [-0.2, 0) is 6.42 Å². The molecule has 1 aliphatic rings. The summed E-state index contributed by atoms with van der Waals surface area (Å²) in [4.78, 5) is 13.4. The van der Waals surface area contributed by atoms with Crippen LogP contribution < -0.4 is 10.1 Å². The molecule has 0 fully saturated rings. The Morgan fingerprint density at radius 3 is 2.67 bits per heavy atom. The summed E-state index contributed by atoms with van der Waals surface area (Å²) in [6, 6.07) is 14.8. The topological polar surface area (TPSA) is 77.3 Å². The Balaban J connectivity index is 1.41. The van der Waals surface area contributed by atoms with Crippen LogP contribution in [0.3, 0.4) is 0 Å². The molecular formula is C20H19N3O3S. The molecule has 27 heavy (non-hydrogen) atoms. The van der Waals surface area contributed by atoms with Crippen molar-refractivity contribution in [1.82, 2.24) is 15.6 Å². The van der Waals surface area contributed by atoms with Crippen LogP contribution in [0.5, 0.6) is 5.75 Å². The molecule has 0 saturated heterocycles. The number of hydrogen-bond acceptors (Lipinski definition) is 6. The van der Waals surface area contributed by atoms with Gasteiger partial charge in [0.2, 0.25) is 0 Å². The fraction of sp³-hybridized carbons (Fsp3) is 0.250. The van der Waals surface area contributed by atoms with Crippen LogP contribution in [0.25, 0.3) is 11.1 Å². The monoisotopic (exact) mass is 381 g/mol. The molecule has 1 aromatic heterocycles. The molecular weight excluding hydrogens is 362 g/mol. The van der Waals surface area contributed by atoms with E-state index in [9.17, 15) is 4.79 Å². The molecule has 2 heterocycles. The Hall–Kier alpha value is -2.80. The average Bonchev–Trinajstić information content (AvgIpc) is 3.31. The number of carbonyl (C=O) groups is 1. The number of fused-ring (bicyclic) bond motifs is 1. The highest BCUT2D eigenvalue weighted by Crippen LogP contribution is 2.33. The number of ether oxygens (including phenoxy) is 1. The van der Waals surface area contributed by atoms with Crippen molar-refractivity contribution in [1.29, 1.82) is 0 Å². The molecule has 0 bridgehead atoms. The van der Waals surface area contributed by atoms with Crippen LogP contribution in [0.4, 0.5) is 0 Å². The Kier molecular flexibility index (Phi) is 4.85. The van der Waals surface area contributed by atoms with Crippen LogP contribution in [-0.4, -0.2) is 35.1 Å². The van der Waals surface area contributed by atoms with Gasteiger partial charge in [-0.15, -0.1) is 11.8 Å². The van der Waals surface area contributed by atoms with Gasteiger partial charge in [0.05, 0.1) is 6.54 Å². The Bertz CT molecular complexity index is 969. The Morgan fingerprint density at radius 1 is 1.19 bits per heavy atom. The van der Waals surface area contributed by atoms with Gasteiger partial charge in [-0.3, -0.25) is 4.79 Å². The predicted molar refractivity (Wildman–Crippen MR) is 103 cm³/mol. The number of thioether (sulfide) groups is 1. The largest absolute Gasteiger partial charge is 0.488 e. The molecule has 1 N–H and O–H groups in total. The third kappa shape index (κ3) is 3.68. The Labute approximate surface area is 161 Å². The number of nitrogens with zero attached hydrogens (tertiary/aromatic N) is 2. The third-order valence-corrected chi connectivity index (χ3v) is 5.33. The normalized spacial score (nSPS) is 15.3. The van der Waals surface area contributed by atoms with Gasteiger partial charge in [0.1, 0.15) is 17.5 Å². The molecule has 0 spiro atoms. The van der Waals surface area contributed by atoms with E-state index in [4.69, 9.17) is 4.74 Å². The minimum absolute atomic E-state index is 0.0989. The van der Waals surface area contributed by atoms with E-state index >= 15 is 0 Å². The van der Waals surface area contributed by atoms with Gasteiger partial charge in [-0.05, 0) is 59.3 Å². The molecule has 0 saturated carbocycles. The lowest BCUT2D eigenvalue weighted by Gasteiger charge is -2.11. The number of nitrogens with one attached hydrogen (secondary N) is 1. The lowest BCUT2D eigenvalue weighted by molar-refractivity contribution is 0.0923. The average molecular weight is 381 g/mol. The first kappa shape index (κ1) is 17.6. The molecule has 6 nitrogen and oxygen atoms in total. The van der Waals surface area contributed by atoms with Gasteiger partial charge in [-0.2, -0.15) is 0 Å². The van der Waals surface area contributed by atoms with Crippen LogP contribution in [0, 0.1) is 6.92 Å². The summed E-state index contributed by atoms with van der Waals surface area (Å²) in [5, 5.41) is 10.1. The van der Waals surface area contributed by atoms with E-state index in [0.717, 1.165) is 17.7 Å². The molecule has 0 radical (unpaired) electrons. The number of aromatic nitrogens is 2. The quantitative estimate of drug-likeness (QED) is 0.682. The van der Waals surface area contributed by atoms with Crippen molar-refractivity contribution in [2.45, 2.75) is 24.3 Å². The van der Waals surface area contributed by atoms with E-state index in [-0.39, 0.29) is 17.7 Å². The standard InChI is InChI=1S/C20H19N3O3S/c1-12-19(23-26-22-12)20(24)21-11-16-10-15-9-14(5-8-18(15)25-16)13-3-6-17(27-2)7-4-13/h3-9,16H,10-11H2,1-2H3,(H,21,24). The zero-order valence-corrected chi connectivity index (χ0v) is 15.9. The molecule has 3 aromatic rings. The van der Waals surface area contributed by atoms with E-state index < -0.39 is 0 Å². The maximum Gasteiger partial charge on any atom is 0.275 e. The number of benzene rings is 2. The van der Waals surface area contributed by atoms with E-state index in [1.165, 1.54) is 16.0 Å². The van der Waals surface area contributed by atoms with Crippen molar-refractivity contribution >= 4 is 17.7 Å². The van der Waals surface area contributed by atoms with Crippen LogP contribution in [0.15, 0.2) is 52.0 Å². The predicted octanol–water partition coefficient (Wildman–Crippen LogP) is 3.50. The van der Waals surface area contributed by atoms with Crippen LogP contribution in [0.1, 0.15) is 21.7 Å². The van der Waals surface area contributed by atoms with Gasteiger partial charge < -0.3 is 10.1 Å². The van der Waals surface area contributed by atoms with Crippen LogP contribution >= 0.6 is 11.8 Å². The minimum atomic E-state index is -0.303. The molecule has 1 aliphatic heterocycles. The SMILES string of the molecule is CSc1ccc(-c2ccc3c(c2)CC(CNC(=O)c2nonc2C)O3)cc1. The van der Waals surface area contributed by atoms with Crippen molar-refractivity contribution in [2.75, 3.05) is 12.8 Å². The highest BCUT2D eigenvalue weighted by atomic mass is 32.2. The summed E-state index contributed by atoms with van der Waals surface area (Å²) >= 11 is 1.73. The molecule has 138 valence electrons. The maximum atomic E-state index is 12.1. The van der Waals surface area contributed by atoms with Gasteiger partial charge in [0.25, 0.3) is 5.91 Å². The second-order valence-electron chi connectivity index (χ2n) is 6.40. The highest BCUT2D eigenvalue weighted by Gasteiger charge is 2.25. The van der Waals surface area contributed by atoms with E-state index in [1.54, 1.807) is 18.7 Å². The summed E-state index contributed by atoms with van der Waals surface area (Å²) in [5.41, 5.74) is 4.18. The van der Waals surface area contributed by atoms with Crippen molar-refractivity contribution in [3.63, 3.8) is 0 Å². The number of rotatable bonds is 5. The molecule has 1 unspecified atom stereocenters. The van der Waals surface area contributed by atoms with Gasteiger partial charge in [0.15, 0.2) is 5.69 Å². The summed E-state index contributed by atoms with van der Waals surface area (Å²) in [6.45, 7) is 2.08. The smallest absolute Gasteiger partial charge is 0.275 e. The lowest BCUT2D eigenvalue weighted by atomic mass is 10.0. The van der Waals surface area contributed by atoms with Crippen molar-refractivity contribution < 1.29 is 14.2 Å². The highest BCUT2D eigenvalue weighted by molar-refractivity contribution is 7.98. The summed E-state index contributed by atoms with van der Waals surface area (Å²) in [5.74, 6) is 0.570. The molecule has 1 atom stereocenters. The molecule has 7 heteroatoms. The van der Waals surface area contributed by atoms with Gasteiger partial charge >= 0.3 is 0 Å². The van der Waals surface area contributed by atoms with Crippen molar-refractivity contribution in [3.05, 3.63) is 59.4 Å². The van der Waals surface area contributed by atoms with E-state index in [2.05, 4.69) is 62.9 Å². The third-order valence-electron chi connectivity index (χ3n) is 4.58. The zero-order valence-electron chi connectivity index (χ0n) is 15.1. The van der Waals surface area contributed by atoms with Gasteiger partial charge in [-0.25, -0.2) is 4.63 Å². The zero-order chi connectivity index (χ0) is 18.8. The molecule has 0 aliphatic carbocycles. The lowest BCUT2D eigenvalue weighted by Crippen LogP contribution is -2.34. The Morgan fingerprint density at radius 2 is 1.96 bits per heavy atom. The second kappa shape index (κ2) is 7.44. The minimum Gasteiger partial charge on any atom is -0.488 e. The second-order valence-corrected chi connectivity index (χ2v) is 7.28. The van der Waals surface area contributed by atoms with Crippen molar-refractivity contribution in [3.8, 4) is 16.9 Å². The number of amides is 1. The summed E-state index contributed by atoms with van der Waals surface area (Å²) < 4.78 is 10.5. The maximum absolute atomic E-state index is 12.1. The van der Waals surface area contributed by atoms with Gasteiger partial charge in [0, 0.05) is 11.3 Å². The van der Waals surface area contributed by atoms with E-state index in [1.807, 2.05) is 6.07 Å². The number of aryl methyl sites for hydroxylation is 1. The fourth-order valence-corrected chi connectivity index (χ4v) is 3.53. The molecule has 2 aromatic carbocycles. The first-order chi connectivity index (χ1) is 13.1. The van der Waals surface area contributed by atoms with Crippen LogP contribution in [0.2, 0.25) is 0 Å². The first-order valence-corrected chi connectivity index (χ1v) is 9.88. The molecule has 1 amide bonds. The first-order valence-electron chi connectivity index (χ1n) is 8.65. The summed E-state index contributed by atoms with van der Waals surface area (Å²) in [7, 11) is 0. The van der Waals surface area contributed by atoms with Gasteiger partial charge in [-0.1, -0.05) is 23.4 Å². The molecule has 4 rings (SSSR count). The van der Waals surface area contributed by atoms with Crippen molar-refractivity contribution in [2.24, 2.45) is 0 Å². The number of hydrogen-bond donors (Lipinski definition) is 1. The van der Waals surface area contributed by atoms with E-state index in [0.29, 0.717) is 12.2 Å².